The van der Waals surface area contributed by atoms with Crippen LogP contribution in [0.4, 0.5) is 13.2 Å². The minimum absolute atomic E-state index is 0.0132. The SMILES string of the molecule is CCN(CC)S(=O)(=O)CSc1ccc(C2=CSC(c3cc(Cl)cc(Cl)c3)(C(F)(F)F)C2)cc1C. The fourth-order valence-corrected chi connectivity index (χ4v) is 8.47. The summed E-state index contributed by atoms with van der Waals surface area (Å²) in [5.74, 6) is 0. The number of rotatable bonds is 8. The number of benzene rings is 2. The van der Waals surface area contributed by atoms with Crippen molar-refractivity contribution in [3.8, 4) is 0 Å². The van der Waals surface area contributed by atoms with Crippen molar-refractivity contribution < 1.29 is 21.6 Å². The van der Waals surface area contributed by atoms with Crippen LogP contribution in [0.5, 0.6) is 0 Å². The molecule has 1 aliphatic heterocycles. The molecule has 0 aromatic heterocycles. The number of halogens is 5. The number of alkyl halides is 3. The van der Waals surface area contributed by atoms with Gasteiger partial charge in [0.2, 0.25) is 10.0 Å². The Hall–Kier alpha value is -0.840. The van der Waals surface area contributed by atoms with Crippen LogP contribution in [0, 0.1) is 6.92 Å². The zero-order valence-electron chi connectivity index (χ0n) is 18.7. The smallest absolute Gasteiger partial charge is 0.211 e. The Labute approximate surface area is 217 Å². The fraction of sp³-hybridized carbons (Fsp3) is 0.391. The lowest BCUT2D eigenvalue weighted by Crippen LogP contribution is -2.37. The quantitative estimate of drug-likeness (QED) is 0.302. The van der Waals surface area contributed by atoms with Crippen LogP contribution in [0.15, 0.2) is 46.7 Å². The minimum Gasteiger partial charge on any atom is -0.211 e. The second kappa shape index (κ2) is 10.6. The molecule has 2 aromatic rings. The summed E-state index contributed by atoms with van der Waals surface area (Å²) in [6, 6.07) is 9.34. The highest BCUT2D eigenvalue weighted by molar-refractivity contribution is 8.11. The van der Waals surface area contributed by atoms with Crippen molar-refractivity contribution in [2.75, 3.05) is 18.2 Å². The zero-order chi connectivity index (χ0) is 25.3. The molecule has 0 aliphatic carbocycles. The summed E-state index contributed by atoms with van der Waals surface area (Å²) in [5, 5.41) is 1.74. The molecule has 0 bridgehead atoms. The van der Waals surface area contributed by atoms with Gasteiger partial charge in [0.1, 0.15) is 9.83 Å². The monoisotopic (exact) mass is 569 g/mol. The van der Waals surface area contributed by atoms with E-state index in [0.29, 0.717) is 36.0 Å². The van der Waals surface area contributed by atoms with E-state index in [0.717, 1.165) is 10.5 Å². The Bertz CT molecular complexity index is 1180. The molecule has 3 rings (SSSR count). The molecule has 0 amide bonds. The van der Waals surface area contributed by atoms with Gasteiger partial charge in [-0.3, -0.25) is 0 Å². The van der Waals surface area contributed by atoms with Gasteiger partial charge in [0.25, 0.3) is 0 Å². The van der Waals surface area contributed by atoms with Crippen LogP contribution < -0.4 is 0 Å². The minimum atomic E-state index is -4.53. The molecule has 2 aromatic carbocycles. The van der Waals surface area contributed by atoms with Gasteiger partial charge in [0.05, 0.1) is 0 Å². The van der Waals surface area contributed by atoms with Gasteiger partial charge in [0.15, 0.2) is 0 Å². The van der Waals surface area contributed by atoms with Gasteiger partial charge in [-0.25, -0.2) is 12.7 Å². The largest absolute Gasteiger partial charge is 0.407 e. The second-order valence-corrected chi connectivity index (χ2v) is 13.3. The van der Waals surface area contributed by atoms with Crippen LogP contribution in [0.25, 0.3) is 5.57 Å². The average Bonchev–Trinajstić information content (AvgIpc) is 3.20. The maximum absolute atomic E-state index is 14.3. The van der Waals surface area contributed by atoms with Crippen molar-refractivity contribution in [2.24, 2.45) is 0 Å². The van der Waals surface area contributed by atoms with E-state index in [9.17, 15) is 21.6 Å². The molecule has 0 radical (unpaired) electrons. The number of hydrogen-bond acceptors (Lipinski definition) is 4. The molecule has 34 heavy (non-hydrogen) atoms. The Morgan fingerprint density at radius 2 is 1.71 bits per heavy atom. The van der Waals surface area contributed by atoms with Gasteiger partial charge in [0, 0.05) is 34.5 Å². The van der Waals surface area contributed by atoms with Crippen LogP contribution in [0.1, 0.15) is 37.0 Å². The Balaban J connectivity index is 1.84. The number of sulfonamides is 1. The van der Waals surface area contributed by atoms with Gasteiger partial charge in [-0.05, 0) is 58.9 Å². The van der Waals surface area contributed by atoms with Crippen LogP contribution in [0.2, 0.25) is 10.0 Å². The maximum Gasteiger partial charge on any atom is 0.407 e. The summed E-state index contributed by atoms with van der Waals surface area (Å²) in [6.45, 7) is 6.21. The van der Waals surface area contributed by atoms with Crippen molar-refractivity contribution in [2.45, 2.75) is 43.0 Å². The summed E-state index contributed by atoms with van der Waals surface area (Å²) in [5.41, 5.74) is 2.03. The Morgan fingerprint density at radius 3 is 2.24 bits per heavy atom. The molecule has 1 aliphatic rings. The van der Waals surface area contributed by atoms with Gasteiger partial charge in [-0.2, -0.15) is 13.2 Å². The van der Waals surface area contributed by atoms with E-state index in [1.165, 1.54) is 39.7 Å². The van der Waals surface area contributed by atoms with E-state index in [-0.39, 0.29) is 27.1 Å². The summed E-state index contributed by atoms with van der Waals surface area (Å²) in [6.07, 6.45) is -4.80. The van der Waals surface area contributed by atoms with Gasteiger partial charge < -0.3 is 0 Å². The first kappa shape index (κ1) is 27.7. The topological polar surface area (TPSA) is 37.4 Å². The van der Waals surface area contributed by atoms with Gasteiger partial charge in [-0.1, -0.05) is 49.2 Å². The van der Waals surface area contributed by atoms with E-state index in [1.54, 1.807) is 32.0 Å². The van der Waals surface area contributed by atoms with Crippen molar-refractivity contribution in [3.05, 3.63) is 68.5 Å². The highest BCUT2D eigenvalue weighted by Gasteiger charge is 2.58. The lowest BCUT2D eigenvalue weighted by Gasteiger charge is -2.32. The predicted octanol–water partition coefficient (Wildman–Crippen LogP) is 7.96. The molecular formula is C23H24Cl2F3NO2S3. The molecule has 1 heterocycles. The first-order chi connectivity index (χ1) is 15.8. The summed E-state index contributed by atoms with van der Waals surface area (Å²) < 4.78 is 67.1. The number of hydrogen-bond donors (Lipinski definition) is 0. The van der Waals surface area contributed by atoms with Crippen molar-refractivity contribution in [1.29, 1.82) is 0 Å². The first-order valence-corrected chi connectivity index (χ1v) is 14.7. The third-order valence-electron chi connectivity index (χ3n) is 5.64. The fourth-order valence-electron chi connectivity index (χ4n) is 3.82. The highest BCUT2D eigenvalue weighted by atomic mass is 35.5. The lowest BCUT2D eigenvalue weighted by molar-refractivity contribution is -0.160. The zero-order valence-corrected chi connectivity index (χ0v) is 22.7. The number of nitrogens with zero attached hydrogens (tertiary/aromatic N) is 1. The second-order valence-electron chi connectivity index (χ2n) is 7.86. The molecule has 0 fully saturated rings. The normalized spacial score (nSPS) is 19.0. The van der Waals surface area contributed by atoms with Crippen molar-refractivity contribution in [1.82, 2.24) is 4.31 Å². The molecule has 0 N–H and O–H groups in total. The third-order valence-corrected chi connectivity index (χ3v) is 11.2. The summed E-state index contributed by atoms with van der Waals surface area (Å²) in [7, 11) is -3.40. The molecule has 11 heteroatoms. The number of aryl methyl sites for hydroxylation is 1. The third kappa shape index (κ3) is 5.76. The lowest BCUT2D eigenvalue weighted by atomic mass is 9.88. The van der Waals surface area contributed by atoms with Gasteiger partial charge in [-0.15, -0.1) is 23.5 Å². The van der Waals surface area contributed by atoms with Crippen LogP contribution in [-0.2, 0) is 14.8 Å². The average molecular weight is 571 g/mol. The molecule has 0 saturated heterocycles. The molecule has 3 nitrogen and oxygen atoms in total. The molecule has 0 spiro atoms. The summed E-state index contributed by atoms with van der Waals surface area (Å²) in [4.78, 5) is 0.773. The van der Waals surface area contributed by atoms with Crippen LogP contribution in [0.3, 0.4) is 0 Å². The molecule has 1 unspecified atom stereocenters. The first-order valence-electron chi connectivity index (χ1n) is 10.4. The van der Waals surface area contributed by atoms with Crippen molar-refractivity contribution >= 4 is 62.3 Å². The molecule has 186 valence electrons. The van der Waals surface area contributed by atoms with E-state index < -0.39 is 20.9 Å². The molecular weight excluding hydrogens is 546 g/mol. The summed E-state index contributed by atoms with van der Waals surface area (Å²) >= 11 is 13.9. The standard InChI is InChI=1S/C23H24Cl2F3NO2S3/c1-4-29(5-2)34(30,31)14-32-21-7-6-16(8-15(21)3)17-12-22(33-13-17,23(26,27)28)18-9-19(24)11-20(25)10-18/h6-11,13H,4-5,12,14H2,1-3H3. The van der Waals surface area contributed by atoms with E-state index >= 15 is 0 Å². The predicted molar refractivity (Wildman–Crippen MR) is 138 cm³/mol. The maximum atomic E-state index is 14.3. The van der Waals surface area contributed by atoms with Crippen LogP contribution >= 0.6 is 46.7 Å². The Morgan fingerprint density at radius 1 is 1.09 bits per heavy atom. The van der Waals surface area contributed by atoms with E-state index in [1.807, 2.05) is 6.92 Å². The van der Waals surface area contributed by atoms with Crippen LogP contribution in [-0.4, -0.2) is 37.1 Å². The molecule has 1 atom stereocenters. The van der Waals surface area contributed by atoms with E-state index in [2.05, 4.69) is 0 Å². The highest BCUT2D eigenvalue weighted by Crippen LogP contribution is 2.60. The number of allylic oxidation sites excluding steroid dienone is 1. The van der Waals surface area contributed by atoms with Crippen molar-refractivity contribution in [3.63, 3.8) is 0 Å². The van der Waals surface area contributed by atoms with E-state index in [4.69, 9.17) is 23.2 Å². The molecule has 0 saturated carbocycles. The van der Waals surface area contributed by atoms with Gasteiger partial charge >= 0.3 is 6.18 Å². The Kier molecular flexibility index (Phi) is 8.69. The number of thioether (sulfide) groups is 2.